The number of carbonyl (C=O) groups excluding carboxylic acids is 2. The lowest BCUT2D eigenvalue weighted by atomic mass is 10.2. The molecule has 0 aliphatic carbocycles. The van der Waals surface area contributed by atoms with Crippen molar-refractivity contribution in [3.05, 3.63) is 63.0 Å². The molecule has 1 saturated heterocycles. The molecule has 0 spiro atoms. The van der Waals surface area contributed by atoms with Gasteiger partial charge in [0.25, 0.3) is 11.6 Å². The van der Waals surface area contributed by atoms with Crippen molar-refractivity contribution in [2.24, 2.45) is 0 Å². The van der Waals surface area contributed by atoms with E-state index in [4.69, 9.17) is 17.0 Å². The Labute approximate surface area is 193 Å². The first-order chi connectivity index (χ1) is 15.3. The molecule has 2 aromatic rings. The molecule has 0 radical (unpaired) electrons. The fourth-order valence-electron chi connectivity index (χ4n) is 2.92. The van der Waals surface area contributed by atoms with E-state index in [9.17, 15) is 24.8 Å². The second-order valence-electron chi connectivity index (χ2n) is 6.72. The van der Waals surface area contributed by atoms with Crippen LogP contribution in [0.2, 0.25) is 0 Å². The van der Waals surface area contributed by atoms with E-state index in [0.29, 0.717) is 21.4 Å². The van der Waals surface area contributed by atoms with Gasteiger partial charge in [-0.05, 0) is 36.3 Å². The molecule has 32 heavy (non-hydrogen) atoms. The van der Waals surface area contributed by atoms with Crippen molar-refractivity contribution in [1.82, 2.24) is 4.90 Å². The standard InChI is InChI=1S/C21H19N3O6S2/c1-30-15-5-2-4-13(10-15)11-18-20(27)23(21(31)32-18)9-3-6-19(26)22-16-12-14(24(28)29)7-8-17(16)25/h2,4-5,7-8,10-12,25H,3,6,9H2,1H3,(H,22,26). The average molecular weight is 474 g/mol. The number of phenols is 1. The van der Waals surface area contributed by atoms with E-state index in [1.54, 1.807) is 25.3 Å². The number of methoxy groups -OCH3 is 1. The normalized spacial score (nSPS) is 14.7. The Balaban J connectivity index is 1.57. The lowest BCUT2D eigenvalue weighted by Gasteiger charge is -2.14. The van der Waals surface area contributed by atoms with E-state index in [0.717, 1.165) is 23.8 Å². The van der Waals surface area contributed by atoms with E-state index >= 15 is 0 Å². The number of nitrogens with zero attached hydrogens (tertiary/aromatic N) is 2. The summed E-state index contributed by atoms with van der Waals surface area (Å²) in [5.74, 6) is -0.281. The van der Waals surface area contributed by atoms with Gasteiger partial charge in [-0.2, -0.15) is 0 Å². The number of nitro groups is 1. The number of amides is 2. The van der Waals surface area contributed by atoms with Crippen molar-refractivity contribution < 1.29 is 24.4 Å². The van der Waals surface area contributed by atoms with Crippen LogP contribution < -0.4 is 10.1 Å². The number of benzene rings is 2. The summed E-state index contributed by atoms with van der Waals surface area (Å²) in [5.41, 5.74) is 0.510. The maximum atomic E-state index is 12.7. The van der Waals surface area contributed by atoms with Gasteiger partial charge < -0.3 is 15.2 Å². The quantitative estimate of drug-likeness (QED) is 0.194. The summed E-state index contributed by atoms with van der Waals surface area (Å²) in [4.78, 5) is 37.0. The monoisotopic (exact) mass is 473 g/mol. The van der Waals surface area contributed by atoms with Crippen LogP contribution in [-0.2, 0) is 9.59 Å². The van der Waals surface area contributed by atoms with Crippen molar-refractivity contribution in [2.45, 2.75) is 12.8 Å². The van der Waals surface area contributed by atoms with Gasteiger partial charge in [-0.25, -0.2) is 0 Å². The minimum atomic E-state index is -0.622. The third-order valence-corrected chi connectivity index (χ3v) is 5.89. The smallest absolute Gasteiger partial charge is 0.271 e. The highest BCUT2D eigenvalue weighted by Crippen LogP contribution is 2.33. The molecule has 2 aromatic carbocycles. The van der Waals surface area contributed by atoms with Gasteiger partial charge in [0.15, 0.2) is 0 Å². The molecular weight excluding hydrogens is 454 g/mol. The summed E-state index contributed by atoms with van der Waals surface area (Å²) in [6, 6.07) is 10.6. The summed E-state index contributed by atoms with van der Waals surface area (Å²) < 4.78 is 5.59. The number of aromatic hydroxyl groups is 1. The molecule has 166 valence electrons. The van der Waals surface area contributed by atoms with E-state index in [1.807, 2.05) is 12.1 Å². The molecule has 1 aliphatic rings. The van der Waals surface area contributed by atoms with Gasteiger partial charge in [0.1, 0.15) is 15.8 Å². The van der Waals surface area contributed by atoms with Crippen LogP contribution in [0.15, 0.2) is 47.4 Å². The van der Waals surface area contributed by atoms with Gasteiger partial charge >= 0.3 is 0 Å². The van der Waals surface area contributed by atoms with Gasteiger partial charge in [-0.1, -0.05) is 36.1 Å². The Hall–Kier alpha value is -3.44. The predicted molar refractivity (Wildman–Crippen MR) is 125 cm³/mol. The third kappa shape index (κ3) is 5.62. The molecule has 0 atom stereocenters. The minimum absolute atomic E-state index is 0.0358. The topological polar surface area (TPSA) is 122 Å². The van der Waals surface area contributed by atoms with Crippen LogP contribution in [0.1, 0.15) is 18.4 Å². The highest BCUT2D eigenvalue weighted by atomic mass is 32.2. The number of thiocarbonyl (C=S) groups is 1. The molecule has 1 fully saturated rings. The first-order valence-electron chi connectivity index (χ1n) is 9.45. The first kappa shape index (κ1) is 23.2. The minimum Gasteiger partial charge on any atom is -0.506 e. The number of rotatable bonds is 8. The summed E-state index contributed by atoms with van der Waals surface area (Å²) in [6.45, 7) is 0.245. The zero-order valence-electron chi connectivity index (χ0n) is 16.9. The Bertz CT molecular complexity index is 1120. The second-order valence-corrected chi connectivity index (χ2v) is 8.40. The number of non-ortho nitro benzene ring substituents is 1. The number of phenolic OH excluding ortho intramolecular Hbond substituents is 1. The Morgan fingerprint density at radius 2 is 2.12 bits per heavy atom. The maximum Gasteiger partial charge on any atom is 0.271 e. The fourth-order valence-corrected chi connectivity index (χ4v) is 4.23. The first-order valence-corrected chi connectivity index (χ1v) is 10.7. The number of nitro benzene ring substituents is 1. The van der Waals surface area contributed by atoms with Gasteiger partial charge in [0, 0.05) is 25.1 Å². The van der Waals surface area contributed by atoms with Crippen LogP contribution in [0.25, 0.3) is 6.08 Å². The van der Waals surface area contributed by atoms with Crippen LogP contribution in [0.4, 0.5) is 11.4 Å². The fraction of sp³-hybridized carbons (Fsp3) is 0.190. The molecule has 3 rings (SSSR count). The zero-order valence-corrected chi connectivity index (χ0v) is 18.6. The molecule has 9 nitrogen and oxygen atoms in total. The molecule has 2 N–H and O–H groups in total. The average Bonchev–Trinajstić information content (AvgIpc) is 3.02. The SMILES string of the molecule is COc1cccc(C=C2SC(=S)N(CCCC(=O)Nc3cc([N+](=O)[O-])ccc3O)C2=O)c1. The lowest BCUT2D eigenvalue weighted by molar-refractivity contribution is -0.384. The van der Waals surface area contributed by atoms with Crippen molar-refractivity contribution in [3.8, 4) is 11.5 Å². The lowest BCUT2D eigenvalue weighted by Crippen LogP contribution is -2.29. The Morgan fingerprint density at radius 1 is 1.34 bits per heavy atom. The summed E-state index contributed by atoms with van der Waals surface area (Å²) in [7, 11) is 1.56. The summed E-state index contributed by atoms with van der Waals surface area (Å²) >= 11 is 6.49. The summed E-state index contributed by atoms with van der Waals surface area (Å²) in [5, 5.41) is 23.1. The number of carbonyl (C=O) groups is 2. The Kier molecular flexibility index (Phi) is 7.44. The number of thioether (sulfide) groups is 1. The van der Waals surface area contributed by atoms with Crippen molar-refractivity contribution in [2.75, 3.05) is 19.0 Å². The predicted octanol–water partition coefficient (Wildman–Crippen LogP) is 3.93. The number of nitrogens with one attached hydrogen (secondary N) is 1. The van der Waals surface area contributed by atoms with E-state index in [1.165, 1.54) is 16.7 Å². The van der Waals surface area contributed by atoms with Crippen molar-refractivity contribution >= 4 is 57.6 Å². The highest BCUT2D eigenvalue weighted by molar-refractivity contribution is 8.26. The van der Waals surface area contributed by atoms with Gasteiger partial charge in [0.05, 0.1) is 22.6 Å². The molecule has 1 aliphatic heterocycles. The molecule has 0 saturated carbocycles. The van der Waals surface area contributed by atoms with E-state index in [2.05, 4.69) is 5.32 Å². The van der Waals surface area contributed by atoms with Crippen LogP contribution >= 0.6 is 24.0 Å². The molecule has 11 heteroatoms. The molecule has 0 bridgehead atoms. The van der Waals surface area contributed by atoms with E-state index in [-0.39, 0.29) is 36.0 Å². The maximum absolute atomic E-state index is 12.7. The van der Waals surface area contributed by atoms with Crippen LogP contribution in [0, 0.1) is 10.1 Å². The number of hydrogen-bond donors (Lipinski definition) is 2. The number of hydrogen-bond acceptors (Lipinski definition) is 8. The van der Waals surface area contributed by atoms with Crippen LogP contribution in [-0.4, -0.2) is 44.7 Å². The van der Waals surface area contributed by atoms with Crippen LogP contribution in [0.3, 0.4) is 0 Å². The van der Waals surface area contributed by atoms with Crippen molar-refractivity contribution in [1.29, 1.82) is 0 Å². The zero-order chi connectivity index (χ0) is 23.3. The molecular formula is C21H19N3O6S2. The van der Waals surface area contributed by atoms with E-state index < -0.39 is 10.8 Å². The molecule has 1 heterocycles. The third-order valence-electron chi connectivity index (χ3n) is 4.52. The van der Waals surface area contributed by atoms with Gasteiger partial charge in [0.2, 0.25) is 5.91 Å². The van der Waals surface area contributed by atoms with Gasteiger partial charge in [-0.15, -0.1) is 0 Å². The number of ether oxygens (including phenoxy) is 1. The molecule has 2 amide bonds. The Morgan fingerprint density at radius 3 is 2.84 bits per heavy atom. The molecule has 0 aromatic heterocycles. The van der Waals surface area contributed by atoms with Gasteiger partial charge in [-0.3, -0.25) is 24.6 Å². The second kappa shape index (κ2) is 10.2. The highest BCUT2D eigenvalue weighted by Gasteiger charge is 2.31. The largest absolute Gasteiger partial charge is 0.506 e. The summed E-state index contributed by atoms with van der Waals surface area (Å²) in [6.07, 6.45) is 2.09. The van der Waals surface area contributed by atoms with Crippen molar-refractivity contribution in [3.63, 3.8) is 0 Å². The molecule has 0 unspecified atom stereocenters. The number of anilines is 1. The van der Waals surface area contributed by atoms with Crippen LogP contribution in [0.5, 0.6) is 11.5 Å².